The molecule has 2 atom stereocenters. The highest BCUT2D eigenvalue weighted by Gasteiger charge is 2.36. The molecule has 0 aromatic heterocycles. The van der Waals surface area contributed by atoms with E-state index in [4.69, 9.17) is 9.47 Å². The maximum absolute atomic E-state index is 9.45. The largest absolute Gasteiger partial charge is 0.496 e. The maximum Gasteiger partial charge on any atom is 0.127 e. The van der Waals surface area contributed by atoms with Gasteiger partial charge in [0.1, 0.15) is 11.5 Å². The van der Waals surface area contributed by atoms with Gasteiger partial charge in [-0.1, -0.05) is 6.07 Å². The van der Waals surface area contributed by atoms with Crippen LogP contribution in [0.1, 0.15) is 24.8 Å². The van der Waals surface area contributed by atoms with Gasteiger partial charge in [-0.25, -0.2) is 0 Å². The number of hydrogen-bond donors (Lipinski definition) is 1. The summed E-state index contributed by atoms with van der Waals surface area (Å²) in [5.41, 5.74) is 1.10. The fourth-order valence-electron chi connectivity index (χ4n) is 4.05. The maximum atomic E-state index is 9.45. The van der Waals surface area contributed by atoms with E-state index in [-0.39, 0.29) is 6.61 Å². The van der Waals surface area contributed by atoms with Crippen LogP contribution in [0.3, 0.4) is 0 Å². The van der Waals surface area contributed by atoms with Crippen molar-refractivity contribution in [1.29, 1.82) is 0 Å². The van der Waals surface area contributed by atoms with E-state index in [0.717, 1.165) is 43.1 Å². The smallest absolute Gasteiger partial charge is 0.127 e. The van der Waals surface area contributed by atoms with Gasteiger partial charge in [0, 0.05) is 38.3 Å². The number of rotatable bonds is 6. The molecule has 128 valence electrons. The summed E-state index contributed by atoms with van der Waals surface area (Å²) in [6.07, 6.45) is 3.40. The van der Waals surface area contributed by atoms with Crippen LogP contribution in [0.25, 0.3) is 0 Å². The SMILES string of the molecule is COc1cccc(OC)c1CN1CC2CCCN2C[C@@H]1CCO. The molecule has 2 fully saturated rings. The molecule has 3 rings (SSSR count). The molecule has 2 aliphatic rings. The molecule has 0 bridgehead atoms. The van der Waals surface area contributed by atoms with Gasteiger partial charge in [-0.15, -0.1) is 0 Å². The minimum absolute atomic E-state index is 0.239. The minimum Gasteiger partial charge on any atom is -0.496 e. The van der Waals surface area contributed by atoms with E-state index >= 15 is 0 Å². The summed E-state index contributed by atoms with van der Waals surface area (Å²) in [5, 5.41) is 9.45. The molecule has 5 heteroatoms. The fraction of sp³-hybridized carbons (Fsp3) is 0.667. The van der Waals surface area contributed by atoms with Gasteiger partial charge >= 0.3 is 0 Å². The fourth-order valence-corrected chi connectivity index (χ4v) is 4.05. The molecule has 2 saturated heterocycles. The monoisotopic (exact) mass is 320 g/mol. The lowest BCUT2D eigenvalue weighted by Gasteiger charge is -2.44. The number of nitrogens with zero attached hydrogens (tertiary/aromatic N) is 2. The third-order valence-electron chi connectivity index (χ3n) is 5.26. The Morgan fingerprint density at radius 1 is 1.17 bits per heavy atom. The van der Waals surface area contributed by atoms with Gasteiger partial charge in [-0.3, -0.25) is 9.80 Å². The average Bonchev–Trinajstić information content (AvgIpc) is 3.02. The van der Waals surface area contributed by atoms with Crippen molar-refractivity contribution in [3.05, 3.63) is 23.8 Å². The Balaban J connectivity index is 1.82. The molecule has 0 saturated carbocycles. The Morgan fingerprint density at radius 3 is 2.57 bits per heavy atom. The van der Waals surface area contributed by atoms with Crippen LogP contribution in [-0.4, -0.2) is 67.5 Å². The molecule has 1 N–H and O–H groups in total. The van der Waals surface area contributed by atoms with Crippen LogP contribution >= 0.6 is 0 Å². The first-order valence-electron chi connectivity index (χ1n) is 8.55. The van der Waals surface area contributed by atoms with E-state index in [1.165, 1.54) is 19.4 Å². The number of fused-ring (bicyclic) bond motifs is 1. The van der Waals surface area contributed by atoms with Crippen LogP contribution < -0.4 is 9.47 Å². The van der Waals surface area contributed by atoms with E-state index in [1.807, 2.05) is 18.2 Å². The molecule has 0 radical (unpaired) electrons. The number of ether oxygens (including phenoxy) is 2. The van der Waals surface area contributed by atoms with E-state index in [1.54, 1.807) is 14.2 Å². The number of methoxy groups -OCH3 is 2. The van der Waals surface area contributed by atoms with E-state index in [2.05, 4.69) is 9.80 Å². The first kappa shape index (κ1) is 16.6. The normalized spacial score (nSPS) is 25.3. The Kier molecular flexibility index (Phi) is 5.41. The minimum atomic E-state index is 0.239. The highest BCUT2D eigenvalue weighted by Crippen LogP contribution is 2.33. The molecule has 0 spiro atoms. The lowest BCUT2D eigenvalue weighted by molar-refractivity contribution is 0.0325. The first-order valence-corrected chi connectivity index (χ1v) is 8.55. The highest BCUT2D eigenvalue weighted by atomic mass is 16.5. The summed E-state index contributed by atoms with van der Waals surface area (Å²) < 4.78 is 11.1. The lowest BCUT2D eigenvalue weighted by atomic mass is 10.0. The molecule has 23 heavy (non-hydrogen) atoms. The molecule has 2 aliphatic heterocycles. The summed E-state index contributed by atoms with van der Waals surface area (Å²) in [4.78, 5) is 5.10. The standard InChI is InChI=1S/C18H28N2O3/c1-22-17-6-3-7-18(23-2)16(17)13-20-12-14-5-4-9-19(14)11-15(20)8-10-21/h3,6-7,14-15,21H,4-5,8-13H2,1-2H3/t14?,15-/m0/s1. The van der Waals surface area contributed by atoms with Crippen molar-refractivity contribution in [2.24, 2.45) is 0 Å². The second-order valence-electron chi connectivity index (χ2n) is 6.53. The second-order valence-corrected chi connectivity index (χ2v) is 6.53. The van der Waals surface area contributed by atoms with E-state index in [9.17, 15) is 5.11 Å². The number of aliphatic hydroxyl groups excluding tert-OH is 1. The molecule has 2 heterocycles. The van der Waals surface area contributed by atoms with Crippen molar-refractivity contribution in [2.45, 2.75) is 37.9 Å². The number of aliphatic hydroxyl groups is 1. The zero-order valence-electron chi connectivity index (χ0n) is 14.2. The molecule has 1 aromatic carbocycles. The molecular formula is C18H28N2O3. The predicted molar refractivity (Wildman–Crippen MR) is 90.0 cm³/mol. The highest BCUT2D eigenvalue weighted by molar-refractivity contribution is 5.44. The van der Waals surface area contributed by atoms with Gasteiger partial charge in [0.15, 0.2) is 0 Å². The molecule has 0 aliphatic carbocycles. The van der Waals surface area contributed by atoms with Gasteiger partial charge in [-0.05, 0) is 37.9 Å². The number of hydrogen-bond acceptors (Lipinski definition) is 5. The summed E-state index contributed by atoms with van der Waals surface area (Å²) >= 11 is 0. The summed E-state index contributed by atoms with van der Waals surface area (Å²) in [6.45, 7) is 4.37. The Hall–Kier alpha value is -1.30. The van der Waals surface area contributed by atoms with Crippen LogP contribution in [0.4, 0.5) is 0 Å². The predicted octanol–water partition coefficient (Wildman–Crippen LogP) is 1.73. The third-order valence-corrected chi connectivity index (χ3v) is 5.26. The van der Waals surface area contributed by atoms with Gasteiger partial charge in [0.25, 0.3) is 0 Å². The van der Waals surface area contributed by atoms with Gasteiger partial charge in [0.05, 0.1) is 19.8 Å². The van der Waals surface area contributed by atoms with E-state index < -0.39 is 0 Å². The van der Waals surface area contributed by atoms with Crippen LogP contribution in [0, 0.1) is 0 Å². The van der Waals surface area contributed by atoms with Crippen molar-refractivity contribution < 1.29 is 14.6 Å². The molecule has 0 amide bonds. The van der Waals surface area contributed by atoms with Gasteiger partial charge in [0.2, 0.25) is 0 Å². The topological polar surface area (TPSA) is 45.2 Å². The zero-order valence-corrected chi connectivity index (χ0v) is 14.2. The number of piperazine rings is 1. The van der Waals surface area contributed by atoms with Crippen molar-refractivity contribution >= 4 is 0 Å². The van der Waals surface area contributed by atoms with Crippen LogP contribution in [0.15, 0.2) is 18.2 Å². The summed E-state index contributed by atoms with van der Waals surface area (Å²) in [7, 11) is 3.41. The summed E-state index contributed by atoms with van der Waals surface area (Å²) in [5.74, 6) is 1.75. The van der Waals surface area contributed by atoms with Crippen LogP contribution in [0.5, 0.6) is 11.5 Å². The van der Waals surface area contributed by atoms with Crippen molar-refractivity contribution in [1.82, 2.24) is 9.80 Å². The van der Waals surface area contributed by atoms with Crippen molar-refractivity contribution in [3.63, 3.8) is 0 Å². The number of benzene rings is 1. The van der Waals surface area contributed by atoms with Gasteiger partial charge < -0.3 is 14.6 Å². The van der Waals surface area contributed by atoms with Crippen LogP contribution in [0.2, 0.25) is 0 Å². The molecule has 1 unspecified atom stereocenters. The molecular weight excluding hydrogens is 292 g/mol. The first-order chi connectivity index (χ1) is 11.3. The average molecular weight is 320 g/mol. The van der Waals surface area contributed by atoms with Crippen LogP contribution in [-0.2, 0) is 6.54 Å². The molecule has 1 aromatic rings. The second kappa shape index (κ2) is 7.51. The van der Waals surface area contributed by atoms with Gasteiger partial charge in [-0.2, -0.15) is 0 Å². The Bertz CT molecular complexity index is 501. The third kappa shape index (κ3) is 3.47. The van der Waals surface area contributed by atoms with Crippen molar-refractivity contribution in [3.8, 4) is 11.5 Å². The lowest BCUT2D eigenvalue weighted by Crippen LogP contribution is -2.55. The zero-order chi connectivity index (χ0) is 16.2. The Labute approximate surface area is 138 Å². The summed E-state index contributed by atoms with van der Waals surface area (Å²) in [6, 6.07) is 6.99. The molecule has 5 nitrogen and oxygen atoms in total. The van der Waals surface area contributed by atoms with E-state index in [0.29, 0.717) is 12.1 Å². The Morgan fingerprint density at radius 2 is 1.91 bits per heavy atom. The quantitative estimate of drug-likeness (QED) is 0.865. The van der Waals surface area contributed by atoms with Crippen molar-refractivity contribution in [2.75, 3.05) is 40.5 Å².